The van der Waals surface area contributed by atoms with Crippen LogP contribution in [0, 0.1) is 0 Å². The number of nitrogens with zero attached hydrogens (tertiary/aromatic N) is 4. The highest BCUT2D eigenvalue weighted by Crippen LogP contribution is 2.54. The number of furan rings is 2. The van der Waals surface area contributed by atoms with Crippen molar-refractivity contribution in [2.75, 3.05) is 0 Å². The monoisotopic (exact) mass is 896 g/mol. The van der Waals surface area contributed by atoms with Crippen molar-refractivity contribution in [2.24, 2.45) is 0 Å². The number of rotatable bonds is 6. The van der Waals surface area contributed by atoms with E-state index in [1.54, 1.807) is 0 Å². The Morgan fingerprint density at radius 3 is 1.76 bits per heavy atom. The van der Waals surface area contributed by atoms with Crippen LogP contribution in [0.1, 0.15) is 35.4 Å². The average molecular weight is 897 g/mol. The first-order valence-corrected chi connectivity index (χ1v) is 24.0. The van der Waals surface area contributed by atoms with Crippen LogP contribution in [0.15, 0.2) is 221 Å². The van der Waals surface area contributed by atoms with Gasteiger partial charge in [-0.05, 0) is 93.0 Å². The van der Waals surface area contributed by atoms with Crippen LogP contribution in [-0.4, -0.2) is 19.5 Å². The molecule has 2 unspecified atom stereocenters. The summed E-state index contributed by atoms with van der Waals surface area (Å²) >= 11 is 0. The van der Waals surface area contributed by atoms with Gasteiger partial charge in [0, 0.05) is 49.4 Å². The summed E-state index contributed by atoms with van der Waals surface area (Å²) in [5, 5.41) is 8.74. The van der Waals surface area contributed by atoms with Crippen molar-refractivity contribution in [3.63, 3.8) is 0 Å². The van der Waals surface area contributed by atoms with E-state index < -0.39 is 0 Å². The van der Waals surface area contributed by atoms with Crippen LogP contribution in [0.3, 0.4) is 0 Å². The van der Waals surface area contributed by atoms with Gasteiger partial charge in [-0.25, -0.2) is 15.0 Å². The summed E-state index contributed by atoms with van der Waals surface area (Å²) in [7, 11) is 0. The van der Waals surface area contributed by atoms with E-state index in [1.165, 1.54) is 33.2 Å². The number of fused-ring (bicyclic) bond motifs is 13. The highest BCUT2D eigenvalue weighted by atomic mass is 16.3. The maximum atomic E-state index is 7.05. The topological polar surface area (TPSA) is 69.9 Å². The smallest absolute Gasteiger partial charge is 0.167 e. The first-order valence-electron chi connectivity index (χ1n) is 24.0. The number of hydrogen-bond acceptors (Lipinski definition) is 5. The summed E-state index contributed by atoms with van der Waals surface area (Å²) in [6.45, 7) is 2.35. The molecule has 4 aromatic heterocycles. The van der Waals surface area contributed by atoms with Crippen LogP contribution in [-0.2, 0) is 0 Å². The molecular weight excluding hydrogens is 857 g/mol. The lowest BCUT2D eigenvalue weighted by Gasteiger charge is -2.24. The molecule has 6 heteroatoms. The average Bonchev–Trinajstić information content (AvgIpc) is 4.18. The Labute approximate surface area is 401 Å². The number of hydrogen-bond donors (Lipinski definition) is 0. The molecule has 15 rings (SSSR count). The van der Waals surface area contributed by atoms with Gasteiger partial charge in [0.25, 0.3) is 0 Å². The first-order chi connectivity index (χ1) is 34.6. The van der Waals surface area contributed by atoms with E-state index in [2.05, 4.69) is 200 Å². The molecule has 0 bridgehead atoms. The highest BCUT2D eigenvalue weighted by Gasteiger charge is 2.36. The Morgan fingerprint density at radius 1 is 0.400 bits per heavy atom. The molecule has 70 heavy (non-hydrogen) atoms. The molecule has 328 valence electrons. The fourth-order valence-corrected chi connectivity index (χ4v) is 11.7. The van der Waals surface area contributed by atoms with E-state index in [1.807, 2.05) is 24.3 Å². The van der Waals surface area contributed by atoms with Gasteiger partial charge in [0.15, 0.2) is 23.1 Å². The minimum absolute atomic E-state index is 0.0437. The molecule has 0 aliphatic heterocycles. The third-order valence-electron chi connectivity index (χ3n) is 14.9. The number of aromatic nitrogens is 4. The summed E-state index contributed by atoms with van der Waals surface area (Å²) in [4.78, 5) is 16.8. The molecule has 0 N–H and O–H groups in total. The highest BCUT2D eigenvalue weighted by molar-refractivity contribution is 6.17. The normalized spacial score (nSPS) is 13.9. The second-order valence-corrected chi connectivity index (χ2v) is 18.6. The zero-order chi connectivity index (χ0) is 46.0. The lowest BCUT2D eigenvalue weighted by molar-refractivity contribution is 0.666. The van der Waals surface area contributed by atoms with Crippen LogP contribution < -0.4 is 0 Å². The molecule has 14 aromatic rings. The second kappa shape index (κ2) is 14.9. The van der Waals surface area contributed by atoms with Crippen molar-refractivity contribution in [3.05, 3.63) is 229 Å². The van der Waals surface area contributed by atoms with Gasteiger partial charge in [-0.3, -0.25) is 0 Å². The van der Waals surface area contributed by atoms with Gasteiger partial charge in [-0.2, -0.15) is 0 Å². The van der Waals surface area contributed by atoms with Crippen molar-refractivity contribution >= 4 is 76.5 Å². The summed E-state index contributed by atoms with van der Waals surface area (Å²) in [6, 6.07) is 75.3. The maximum Gasteiger partial charge on any atom is 0.167 e. The molecule has 1 aliphatic rings. The molecule has 0 saturated heterocycles. The fraction of sp³-hybridized carbons (Fsp3) is 0.0469. The van der Waals surface area contributed by atoms with Gasteiger partial charge < -0.3 is 13.4 Å². The van der Waals surface area contributed by atoms with Gasteiger partial charge in [-0.15, -0.1) is 0 Å². The quantitative estimate of drug-likeness (QED) is 0.166. The predicted molar refractivity (Wildman–Crippen MR) is 285 cm³/mol. The van der Waals surface area contributed by atoms with E-state index in [0.29, 0.717) is 17.5 Å². The van der Waals surface area contributed by atoms with E-state index in [9.17, 15) is 0 Å². The summed E-state index contributed by atoms with van der Waals surface area (Å²) < 4.78 is 16.1. The lowest BCUT2D eigenvalue weighted by atomic mass is 9.79. The van der Waals surface area contributed by atoms with Crippen molar-refractivity contribution in [2.45, 2.75) is 18.8 Å². The van der Waals surface area contributed by atoms with Gasteiger partial charge in [0.05, 0.1) is 16.6 Å². The molecule has 0 radical (unpaired) electrons. The largest absolute Gasteiger partial charge is 0.455 e. The van der Waals surface area contributed by atoms with Gasteiger partial charge >= 0.3 is 0 Å². The van der Waals surface area contributed by atoms with Crippen molar-refractivity contribution < 1.29 is 8.83 Å². The van der Waals surface area contributed by atoms with Gasteiger partial charge in [-0.1, -0.05) is 171 Å². The maximum absolute atomic E-state index is 7.05. The van der Waals surface area contributed by atoms with Crippen molar-refractivity contribution in [1.82, 2.24) is 19.5 Å². The minimum atomic E-state index is 0.0437. The molecule has 6 nitrogen and oxygen atoms in total. The Morgan fingerprint density at radius 2 is 0.957 bits per heavy atom. The number of para-hydroxylation sites is 4. The van der Waals surface area contributed by atoms with Crippen LogP contribution >= 0.6 is 0 Å². The van der Waals surface area contributed by atoms with Gasteiger partial charge in [0.1, 0.15) is 22.4 Å². The number of benzene rings is 10. The first kappa shape index (κ1) is 38.9. The van der Waals surface area contributed by atoms with E-state index in [0.717, 1.165) is 93.4 Å². The standard InChI is InChI=1S/C64H40N4O2/c1-37(38-17-3-2-4-18-38)57-45-25-8-7-21-41(45)46-26-15-28-49(58(46)57)62-65-63(67-64(66-62)51-29-16-27-47-43-23-10-13-31-55(43)69-60(47)51)50-34-33-48-44-24-11-14-32-56(44)70-61(48)59(50)68-53-30-12-9-22-42(53)52-35-39-19-5-6-20-40(39)36-54(52)68/h2-37,57H,1H3. The van der Waals surface area contributed by atoms with Crippen LogP contribution in [0.4, 0.5) is 0 Å². The molecule has 0 saturated carbocycles. The predicted octanol–water partition coefficient (Wildman–Crippen LogP) is 16.8. The van der Waals surface area contributed by atoms with E-state index >= 15 is 0 Å². The Bertz CT molecular complexity index is 4460. The third kappa shape index (κ3) is 5.65. The van der Waals surface area contributed by atoms with E-state index in [4.69, 9.17) is 23.8 Å². The van der Waals surface area contributed by atoms with E-state index in [-0.39, 0.29) is 11.8 Å². The van der Waals surface area contributed by atoms with Crippen molar-refractivity contribution in [1.29, 1.82) is 0 Å². The molecule has 10 aromatic carbocycles. The minimum Gasteiger partial charge on any atom is -0.455 e. The molecule has 0 fully saturated rings. The zero-order valence-corrected chi connectivity index (χ0v) is 38.0. The molecule has 0 spiro atoms. The van der Waals surface area contributed by atoms with Crippen LogP contribution in [0.5, 0.6) is 0 Å². The van der Waals surface area contributed by atoms with Crippen LogP contribution in [0.25, 0.3) is 127 Å². The molecular formula is C64H40N4O2. The zero-order valence-electron chi connectivity index (χ0n) is 38.0. The summed E-state index contributed by atoms with van der Waals surface area (Å²) in [5.74, 6) is 1.84. The SMILES string of the molecule is CC(c1ccccc1)C1c2ccccc2-c2cccc(-c3nc(-c4ccc5c(oc6ccccc65)c4-n4c5ccccc5c5cc6ccccc6cc54)nc(-c4cccc5c4oc4ccccc45)n3)c21. The third-order valence-corrected chi connectivity index (χ3v) is 14.9. The molecule has 4 heterocycles. The second-order valence-electron chi connectivity index (χ2n) is 18.6. The van der Waals surface area contributed by atoms with Gasteiger partial charge in [0.2, 0.25) is 0 Å². The molecule has 1 aliphatic carbocycles. The lowest BCUT2D eigenvalue weighted by Crippen LogP contribution is -2.10. The van der Waals surface area contributed by atoms with Crippen molar-refractivity contribution in [3.8, 4) is 51.0 Å². The Hall–Kier alpha value is -9.13. The Balaban J connectivity index is 1.06. The Kier molecular flexibility index (Phi) is 8.30. The fourth-order valence-electron chi connectivity index (χ4n) is 11.7. The summed E-state index contributed by atoms with van der Waals surface area (Å²) in [6.07, 6.45) is 0. The molecule has 0 amide bonds. The molecule has 2 atom stereocenters. The van der Waals surface area contributed by atoms with Crippen LogP contribution in [0.2, 0.25) is 0 Å². The summed E-state index contributed by atoms with van der Waals surface area (Å²) in [5.41, 5.74) is 14.9.